The van der Waals surface area contributed by atoms with Crippen LogP contribution in [-0.4, -0.2) is 34.2 Å². The highest BCUT2D eigenvalue weighted by Crippen LogP contribution is 2.29. The molecule has 0 aliphatic rings. The minimum atomic E-state index is -0.552. The van der Waals surface area contributed by atoms with Crippen LogP contribution < -0.4 is 10.6 Å². The van der Waals surface area contributed by atoms with E-state index in [-0.39, 0.29) is 22.6 Å². The molecule has 0 bridgehead atoms. The summed E-state index contributed by atoms with van der Waals surface area (Å²) in [5, 5.41) is 23.9. The Morgan fingerprint density at radius 1 is 1.41 bits per heavy atom. The summed E-state index contributed by atoms with van der Waals surface area (Å²) in [5.41, 5.74) is 0.583. The van der Waals surface area contributed by atoms with Crippen LogP contribution in [0.3, 0.4) is 0 Å². The number of carbonyl (C=O) groups excluding carboxylic acids is 1. The van der Waals surface area contributed by atoms with Gasteiger partial charge in [-0.05, 0) is 22.8 Å². The number of fused-ring (bicyclic) bond motifs is 1. The Morgan fingerprint density at radius 2 is 2.14 bits per heavy atom. The number of aromatic nitrogens is 2. The molecule has 1 amide bonds. The molecule has 2 aromatic rings. The molecular weight excluding hydrogens is 290 g/mol. The quantitative estimate of drug-likeness (QED) is 0.591. The molecule has 0 saturated heterocycles. The van der Waals surface area contributed by atoms with Gasteiger partial charge in [-0.1, -0.05) is 19.8 Å². The van der Waals surface area contributed by atoms with Crippen molar-refractivity contribution >= 4 is 28.3 Å². The van der Waals surface area contributed by atoms with E-state index < -0.39 is 11.0 Å². The number of hydrogen-bond acceptors (Lipinski definition) is 7. The van der Waals surface area contributed by atoms with E-state index in [2.05, 4.69) is 25.6 Å². The lowest BCUT2D eigenvalue weighted by Gasteiger charge is -2.18. The summed E-state index contributed by atoms with van der Waals surface area (Å²) in [4.78, 5) is 22.3. The van der Waals surface area contributed by atoms with Crippen LogP contribution in [0, 0.1) is 10.1 Å². The molecule has 1 atom stereocenters. The van der Waals surface area contributed by atoms with Gasteiger partial charge in [-0.2, -0.15) is 0 Å². The molecule has 9 nitrogen and oxygen atoms in total. The van der Waals surface area contributed by atoms with E-state index >= 15 is 0 Å². The number of benzene rings is 1. The zero-order chi connectivity index (χ0) is 16.1. The number of anilines is 1. The Bertz CT molecular complexity index is 684. The van der Waals surface area contributed by atoms with Gasteiger partial charge in [0, 0.05) is 13.1 Å². The molecule has 1 aromatic carbocycles. The van der Waals surface area contributed by atoms with Crippen LogP contribution in [0.1, 0.15) is 26.2 Å². The molecule has 2 rings (SSSR count). The van der Waals surface area contributed by atoms with Crippen molar-refractivity contribution in [3.63, 3.8) is 0 Å². The van der Waals surface area contributed by atoms with Crippen molar-refractivity contribution in [2.45, 2.75) is 32.2 Å². The molecule has 2 N–H and O–H groups in total. The molecule has 118 valence electrons. The Kier molecular flexibility index (Phi) is 4.87. The topological polar surface area (TPSA) is 123 Å². The Hall–Kier alpha value is -2.71. The summed E-state index contributed by atoms with van der Waals surface area (Å²) in [7, 11) is 1.56. The standard InChI is InChI=1S/C13H17N5O4/c1-3-4-5-9(13(19)14-2)15-8-6-7-10(18(20)21)12-11(8)16-22-17-12/h6-7,9,15H,3-5H2,1-2H3,(H,14,19). The number of non-ortho nitro benzene ring substituents is 1. The second-order valence-corrected chi connectivity index (χ2v) is 4.80. The fraction of sp³-hybridized carbons (Fsp3) is 0.462. The van der Waals surface area contributed by atoms with Gasteiger partial charge in [0.05, 0.1) is 10.6 Å². The SMILES string of the molecule is CCCCC(Nc1ccc([N+](=O)[O-])c2nonc12)C(=O)NC. The van der Waals surface area contributed by atoms with Gasteiger partial charge in [0.2, 0.25) is 11.4 Å². The minimum absolute atomic E-state index is 0.0566. The van der Waals surface area contributed by atoms with Gasteiger partial charge in [-0.15, -0.1) is 0 Å². The average molecular weight is 307 g/mol. The summed E-state index contributed by atoms with van der Waals surface area (Å²) in [5.74, 6) is -0.156. The van der Waals surface area contributed by atoms with Gasteiger partial charge in [-0.3, -0.25) is 14.9 Å². The third-order valence-electron chi connectivity index (χ3n) is 3.33. The molecule has 1 unspecified atom stereocenters. The van der Waals surface area contributed by atoms with E-state index in [1.165, 1.54) is 12.1 Å². The number of hydrogen-bond donors (Lipinski definition) is 2. The number of nitro groups is 1. The molecule has 1 aromatic heterocycles. The van der Waals surface area contributed by atoms with Crippen molar-refractivity contribution in [3.8, 4) is 0 Å². The Labute approximate surface area is 126 Å². The molecule has 1 heterocycles. The van der Waals surface area contributed by atoms with E-state index in [0.29, 0.717) is 12.1 Å². The van der Waals surface area contributed by atoms with Crippen LogP contribution in [0.2, 0.25) is 0 Å². The molecule has 0 fully saturated rings. The lowest BCUT2D eigenvalue weighted by atomic mass is 10.1. The van der Waals surface area contributed by atoms with E-state index in [4.69, 9.17) is 0 Å². The number of nitrogens with zero attached hydrogens (tertiary/aromatic N) is 3. The van der Waals surface area contributed by atoms with Gasteiger partial charge in [0.25, 0.3) is 0 Å². The normalized spacial score (nSPS) is 12.1. The van der Waals surface area contributed by atoms with Crippen LogP contribution in [0.25, 0.3) is 11.0 Å². The first-order valence-corrected chi connectivity index (χ1v) is 6.96. The predicted molar refractivity (Wildman–Crippen MR) is 79.5 cm³/mol. The van der Waals surface area contributed by atoms with Gasteiger partial charge in [0.1, 0.15) is 6.04 Å². The van der Waals surface area contributed by atoms with Crippen molar-refractivity contribution < 1.29 is 14.3 Å². The maximum absolute atomic E-state index is 11.9. The fourth-order valence-electron chi connectivity index (χ4n) is 2.16. The van der Waals surface area contributed by atoms with Crippen molar-refractivity contribution in [1.29, 1.82) is 0 Å². The Morgan fingerprint density at radius 3 is 2.77 bits per heavy atom. The molecular formula is C13H17N5O4. The maximum Gasteiger partial charge on any atom is 0.300 e. The first-order chi connectivity index (χ1) is 10.6. The van der Waals surface area contributed by atoms with E-state index in [0.717, 1.165) is 12.8 Å². The first kappa shape index (κ1) is 15.7. The molecule has 0 aliphatic carbocycles. The number of carbonyl (C=O) groups is 1. The number of likely N-dealkylation sites (N-methyl/N-ethyl adjacent to an activating group) is 1. The van der Waals surface area contributed by atoms with Crippen LogP contribution in [0.4, 0.5) is 11.4 Å². The molecule has 22 heavy (non-hydrogen) atoms. The highest BCUT2D eigenvalue weighted by molar-refractivity contribution is 5.95. The van der Waals surface area contributed by atoms with Crippen molar-refractivity contribution in [3.05, 3.63) is 22.2 Å². The van der Waals surface area contributed by atoms with Gasteiger partial charge in [-0.25, -0.2) is 4.63 Å². The molecule has 0 aliphatic heterocycles. The Balaban J connectivity index is 2.33. The lowest BCUT2D eigenvalue weighted by molar-refractivity contribution is -0.383. The number of rotatable bonds is 7. The number of unbranched alkanes of at least 4 members (excludes halogenated alkanes) is 1. The second-order valence-electron chi connectivity index (χ2n) is 4.80. The van der Waals surface area contributed by atoms with Crippen molar-refractivity contribution in [2.24, 2.45) is 0 Å². The molecule has 0 saturated carbocycles. The first-order valence-electron chi connectivity index (χ1n) is 6.96. The number of amides is 1. The van der Waals surface area contributed by atoms with E-state index in [9.17, 15) is 14.9 Å². The molecule has 9 heteroatoms. The smallest absolute Gasteiger partial charge is 0.300 e. The zero-order valence-corrected chi connectivity index (χ0v) is 12.3. The number of nitro benzene ring substituents is 1. The van der Waals surface area contributed by atoms with Crippen LogP contribution in [-0.2, 0) is 4.79 Å². The largest absolute Gasteiger partial charge is 0.372 e. The van der Waals surface area contributed by atoms with Gasteiger partial charge < -0.3 is 10.6 Å². The summed E-state index contributed by atoms with van der Waals surface area (Å²) in [6.07, 6.45) is 2.47. The third kappa shape index (κ3) is 3.13. The minimum Gasteiger partial charge on any atom is -0.372 e. The highest BCUT2D eigenvalue weighted by Gasteiger charge is 2.23. The molecule has 0 radical (unpaired) electrons. The summed E-state index contributed by atoms with van der Waals surface area (Å²) >= 11 is 0. The fourth-order valence-corrected chi connectivity index (χ4v) is 2.16. The van der Waals surface area contributed by atoms with Crippen LogP contribution in [0.5, 0.6) is 0 Å². The lowest BCUT2D eigenvalue weighted by Crippen LogP contribution is -2.37. The van der Waals surface area contributed by atoms with E-state index in [1.54, 1.807) is 7.05 Å². The average Bonchev–Trinajstić information content (AvgIpc) is 3.00. The number of nitrogens with one attached hydrogen (secondary N) is 2. The zero-order valence-electron chi connectivity index (χ0n) is 12.3. The highest BCUT2D eigenvalue weighted by atomic mass is 16.6. The van der Waals surface area contributed by atoms with Gasteiger partial charge >= 0.3 is 5.69 Å². The van der Waals surface area contributed by atoms with Crippen molar-refractivity contribution in [1.82, 2.24) is 15.6 Å². The van der Waals surface area contributed by atoms with Crippen LogP contribution >= 0.6 is 0 Å². The van der Waals surface area contributed by atoms with Crippen LogP contribution in [0.15, 0.2) is 16.8 Å². The summed E-state index contributed by atoms with van der Waals surface area (Å²) in [6, 6.07) is 2.37. The maximum atomic E-state index is 11.9. The second kappa shape index (κ2) is 6.83. The predicted octanol–water partition coefficient (Wildman–Crippen LogP) is 1.85. The molecule has 0 spiro atoms. The van der Waals surface area contributed by atoms with Crippen molar-refractivity contribution in [2.75, 3.05) is 12.4 Å². The summed E-state index contributed by atoms with van der Waals surface area (Å²) < 4.78 is 4.60. The van der Waals surface area contributed by atoms with E-state index in [1.807, 2.05) is 6.92 Å². The third-order valence-corrected chi connectivity index (χ3v) is 3.33. The summed E-state index contributed by atoms with van der Waals surface area (Å²) in [6.45, 7) is 2.03. The monoisotopic (exact) mass is 307 g/mol. The van der Waals surface area contributed by atoms with Gasteiger partial charge in [0.15, 0.2) is 5.52 Å².